The van der Waals surface area contributed by atoms with Crippen molar-refractivity contribution in [3.05, 3.63) is 0 Å². The molecule has 0 radical (unpaired) electrons. The van der Waals surface area contributed by atoms with Gasteiger partial charge in [-0.3, -0.25) is 9.59 Å². The van der Waals surface area contributed by atoms with E-state index in [0.717, 1.165) is 0 Å². The Labute approximate surface area is 126 Å². The second-order valence-corrected chi connectivity index (χ2v) is 6.71. The van der Waals surface area contributed by atoms with Gasteiger partial charge in [0.05, 0.1) is 18.6 Å². The van der Waals surface area contributed by atoms with Gasteiger partial charge in [-0.05, 0) is 34.6 Å². The van der Waals surface area contributed by atoms with E-state index in [9.17, 15) is 9.59 Å². The number of rotatable bonds is 4. The molecule has 1 aliphatic heterocycles. The van der Waals surface area contributed by atoms with Gasteiger partial charge in [-0.15, -0.1) is 0 Å². The third-order valence-electron chi connectivity index (χ3n) is 2.71. The maximum absolute atomic E-state index is 11.9. The number of ether oxygens (including phenoxy) is 4. The zero-order chi connectivity index (χ0) is 16.3. The van der Waals surface area contributed by atoms with Gasteiger partial charge in [-0.25, -0.2) is 0 Å². The van der Waals surface area contributed by atoms with E-state index in [1.54, 1.807) is 13.8 Å². The summed E-state index contributed by atoms with van der Waals surface area (Å²) in [6, 6.07) is 0. The summed E-state index contributed by atoms with van der Waals surface area (Å²) in [5.41, 5.74) is -0.519. The Bertz CT molecular complexity index is 382. The SMILES string of the molecule is CC(=O)OC[C@@H]1C[C@@H](CC(=O)OC(C)(C)C)OC(C)(C)O1. The summed E-state index contributed by atoms with van der Waals surface area (Å²) in [5, 5.41) is 0. The van der Waals surface area contributed by atoms with Crippen LogP contribution in [0.2, 0.25) is 0 Å². The average Bonchev–Trinajstić information content (AvgIpc) is 2.20. The van der Waals surface area contributed by atoms with Crippen LogP contribution in [-0.2, 0) is 28.5 Å². The van der Waals surface area contributed by atoms with E-state index in [1.807, 2.05) is 20.8 Å². The highest BCUT2D eigenvalue weighted by Gasteiger charge is 2.37. The first kappa shape index (κ1) is 17.9. The summed E-state index contributed by atoms with van der Waals surface area (Å²) in [6.07, 6.45) is 0.0329. The van der Waals surface area contributed by atoms with Crippen LogP contribution in [0.4, 0.5) is 0 Å². The largest absolute Gasteiger partial charge is 0.463 e. The van der Waals surface area contributed by atoms with Gasteiger partial charge in [0.2, 0.25) is 0 Å². The smallest absolute Gasteiger partial charge is 0.308 e. The number of esters is 2. The fraction of sp³-hybridized carbons (Fsp3) is 0.867. The predicted octanol–water partition coefficient (Wildman–Crippen LogP) is 2.19. The minimum Gasteiger partial charge on any atom is -0.463 e. The van der Waals surface area contributed by atoms with Gasteiger partial charge in [0.15, 0.2) is 5.79 Å². The highest BCUT2D eigenvalue weighted by molar-refractivity contribution is 5.70. The van der Waals surface area contributed by atoms with E-state index in [2.05, 4.69) is 0 Å². The van der Waals surface area contributed by atoms with Gasteiger partial charge in [-0.1, -0.05) is 0 Å². The van der Waals surface area contributed by atoms with Crippen molar-refractivity contribution in [1.82, 2.24) is 0 Å². The Morgan fingerprint density at radius 2 is 1.76 bits per heavy atom. The van der Waals surface area contributed by atoms with Crippen molar-refractivity contribution in [1.29, 1.82) is 0 Å². The molecule has 1 saturated heterocycles. The number of carbonyl (C=O) groups excluding carboxylic acids is 2. The molecular weight excluding hydrogens is 276 g/mol. The van der Waals surface area contributed by atoms with Crippen LogP contribution in [0.25, 0.3) is 0 Å². The molecule has 1 rings (SSSR count). The average molecular weight is 302 g/mol. The summed E-state index contributed by atoms with van der Waals surface area (Å²) in [7, 11) is 0. The van der Waals surface area contributed by atoms with Crippen LogP contribution in [0.5, 0.6) is 0 Å². The molecule has 0 spiro atoms. The first-order chi connectivity index (χ1) is 9.47. The fourth-order valence-electron chi connectivity index (χ4n) is 2.23. The monoisotopic (exact) mass is 302 g/mol. The summed E-state index contributed by atoms with van der Waals surface area (Å²) >= 11 is 0. The molecule has 0 bridgehead atoms. The summed E-state index contributed by atoms with van der Waals surface area (Å²) in [5.74, 6) is -1.49. The molecular formula is C15H26O6. The first-order valence-corrected chi connectivity index (χ1v) is 7.18. The van der Waals surface area contributed by atoms with Crippen LogP contribution in [0.3, 0.4) is 0 Å². The van der Waals surface area contributed by atoms with Gasteiger partial charge in [0.25, 0.3) is 0 Å². The lowest BCUT2D eigenvalue weighted by Crippen LogP contribution is -2.47. The number of hydrogen-bond acceptors (Lipinski definition) is 6. The molecule has 6 nitrogen and oxygen atoms in total. The maximum Gasteiger partial charge on any atom is 0.308 e. The highest BCUT2D eigenvalue weighted by Crippen LogP contribution is 2.29. The van der Waals surface area contributed by atoms with E-state index >= 15 is 0 Å². The van der Waals surface area contributed by atoms with Crippen molar-refractivity contribution in [2.45, 2.75) is 78.0 Å². The van der Waals surface area contributed by atoms with Crippen molar-refractivity contribution in [2.75, 3.05) is 6.61 Å². The van der Waals surface area contributed by atoms with Crippen LogP contribution < -0.4 is 0 Å². The standard InChI is InChI=1S/C15H26O6/c1-10(16)18-9-12-7-11(19-15(5,6)20-12)8-13(17)21-14(2,3)4/h11-12H,7-9H2,1-6H3/t11-,12-/m0/s1. The van der Waals surface area contributed by atoms with Crippen LogP contribution in [0, 0.1) is 0 Å². The summed E-state index contributed by atoms with van der Waals surface area (Å²) in [4.78, 5) is 22.8. The molecule has 0 N–H and O–H groups in total. The third kappa shape index (κ3) is 7.43. The Morgan fingerprint density at radius 3 is 2.29 bits per heavy atom. The Balaban J connectivity index is 2.57. The summed E-state index contributed by atoms with van der Waals surface area (Å²) in [6.45, 7) is 10.5. The molecule has 1 aliphatic rings. The molecule has 0 saturated carbocycles. The van der Waals surface area contributed by atoms with E-state index in [1.165, 1.54) is 6.92 Å². The van der Waals surface area contributed by atoms with E-state index in [0.29, 0.717) is 6.42 Å². The Morgan fingerprint density at radius 1 is 1.19 bits per heavy atom. The minimum atomic E-state index is -0.824. The lowest BCUT2D eigenvalue weighted by Gasteiger charge is -2.40. The molecule has 0 amide bonds. The van der Waals surface area contributed by atoms with Crippen LogP contribution in [-0.4, -0.2) is 42.1 Å². The highest BCUT2D eigenvalue weighted by atomic mass is 16.7. The Kier molecular flexibility index (Phi) is 5.75. The van der Waals surface area contributed by atoms with Crippen molar-refractivity contribution < 1.29 is 28.5 Å². The number of hydrogen-bond donors (Lipinski definition) is 0. The third-order valence-corrected chi connectivity index (χ3v) is 2.71. The summed E-state index contributed by atoms with van der Waals surface area (Å²) < 4.78 is 21.7. The molecule has 122 valence electrons. The molecule has 1 fully saturated rings. The lowest BCUT2D eigenvalue weighted by molar-refractivity contribution is -0.304. The van der Waals surface area contributed by atoms with Gasteiger partial charge < -0.3 is 18.9 Å². The van der Waals surface area contributed by atoms with E-state index in [4.69, 9.17) is 18.9 Å². The molecule has 0 aliphatic carbocycles. The zero-order valence-electron chi connectivity index (χ0n) is 13.7. The van der Waals surface area contributed by atoms with Crippen molar-refractivity contribution in [2.24, 2.45) is 0 Å². The second kappa shape index (κ2) is 6.75. The molecule has 0 unspecified atom stereocenters. The topological polar surface area (TPSA) is 71.1 Å². The molecule has 1 heterocycles. The minimum absolute atomic E-state index is 0.153. The zero-order valence-corrected chi connectivity index (χ0v) is 13.7. The quantitative estimate of drug-likeness (QED) is 0.741. The molecule has 0 aromatic heterocycles. The van der Waals surface area contributed by atoms with Crippen LogP contribution in [0.15, 0.2) is 0 Å². The van der Waals surface area contributed by atoms with Crippen LogP contribution >= 0.6 is 0 Å². The fourth-order valence-corrected chi connectivity index (χ4v) is 2.23. The first-order valence-electron chi connectivity index (χ1n) is 7.18. The van der Waals surface area contributed by atoms with Crippen molar-refractivity contribution in [3.63, 3.8) is 0 Å². The molecule has 6 heteroatoms. The van der Waals surface area contributed by atoms with Gasteiger partial charge in [0.1, 0.15) is 12.2 Å². The van der Waals surface area contributed by atoms with E-state index < -0.39 is 11.4 Å². The second-order valence-electron chi connectivity index (χ2n) is 6.71. The lowest BCUT2D eigenvalue weighted by atomic mass is 10.1. The predicted molar refractivity (Wildman–Crippen MR) is 75.5 cm³/mol. The number of carbonyl (C=O) groups is 2. The van der Waals surface area contributed by atoms with E-state index in [-0.39, 0.29) is 37.2 Å². The molecule has 0 aromatic rings. The Hall–Kier alpha value is -1.14. The van der Waals surface area contributed by atoms with Crippen molar-refractivity contribution in [3.8, 4) is 0 Å². The van der Waals surface area contributed by atoms with Gasteiger partial charge in [0, 0.05) is 13.3 Å². The van der Waals surface area contributed by atoms with Crippen molar-refractivity contribution >= 4 is 11.9 Å². The normalized spacial score (nSPS) is 25.2. The molecule has 2 atom stereocenters. The van der Waals surface area contributed by atoms with Crippen LogP contribution in [0.1, 0.15) is 54.4 Å². The van der Waals surface area contributed by atoms with Gasteiger partial charge >= 0.3 is 11.9 Å². The molecule has 0 aromatic carbocycles. The van der Waals surface area contributed by atoms with Gasteiger partial charge in [-0.2, -0.15) is 0 Å². The maximum atomic E-state index is 11.9. The molecule has 21 heavy (non-hydrogen) atoms.